The quantitative estimate of drug-likeness (QED) is 0.773. The van der Waals surface area contributed by atoms with Crippen LogP contribution in [-0.4, -0.2) is 48.8 Å². The average molecular weight is 336 g/mol. The first-order valence-electron chi connectivity index (χ1n) is 8.24. The molecule has 25 heavy (non-hydrogen) atoms. The molecule has 0 unspecified atom stereocenters. The van der Waals surface area contributed by atoms with Gasteiger partial charge in [0, 0.05) is 18.5 Å². The van der Waals surface area contributed by atoms with E-state index in [1.165, 1.54) is 0 Å². The Balaban J connectivity index is 1.69. The van der Waals surface area contributed by atoms with Gasteiger partial charge in [0.1, 0.15) is 12.1 Å². The first-order valence-corrected chi connectivity index (χ1v) is 8.24. The lowest BCUT2D eigenvalue weighted by Gasteiger charge is -2.12. The highest BCUT2D eigenvalue weighted by Gasteiger charge is 2.14. The molecule has 1 N–H and O–H groups in total. The summed E-state index contributed by atoms with van der Waals surface area (Å²) < 4.78 is 10.9. The molecule has 6 heteroatoms. The Hall–Kier alpha value is -2.86. The number of ether oxygens (including phenoxy) is 2. The SMILES string of the molecule is CN(C)CCNc1ncnc2ccc(-c3ccc4c(c3)OCO4)cc12. The van der Waals surface area contributed by atoms with E-state index in [9.17, 15) is 0 Å². The van der Waals surface area contributed by atoms with E-state index >= 15 is 0 Å². The summed E-state index contributed by atoms with van der Waals surface area (Å²) in [4.78, 5) is 10.9. The van der Waals surface area contributed by atoms with E-state index in [-0.39, 0.29) is 6.79 Å². The average Bonchev–Trinajstić information content (AvgIpc) is 3.09. The van der Waals surface area contributed by atoms with Crippen LogP contribution in [0.25, 0.3) is 22.0 Å². The van der Waals surface area contributed by atoms with Gasteiger partial charge in [-0.2, -0.15) is 0 Å². The van der Waals surface area contributed by atoms with E-state index in [1.807, 2.05) is 24.3 Å². The first kappa shape index (κ1) is 15.7. The molecule has 0 radical (unpaired) electrons. The minimum absolute atomic E-state index is 0.282. The standard InChI is InChI=1S/C19H20N4O2/c1-23(2)8-7-20-19-15-9-13(3-5-16(15)21-11-22-19)14-4-6-17-18(10-14)25-12-24-17/h3-6,9-11H,7-8,12H2,1-2H3,(H,20,21,22). The van der Waals surface area contributed by atoms with Gasteiger partial charge in [-0.25, -0.2) is 9.97 Å². The van der Waals surface area contributed by atoms with Crippen LogP contribution < -0.4 is 14.8 Å². The van der Waals surface area contributed by atoms with E-state index in [2.05, 4.69) is 46.4 Å². The van der Waals surface area contributed by atoms with Crippen molar-refractivity contribution in [2.75, 3.05) is 39.3 Å². The zero-order valence-electron chi connectivity index (χ0n) is 14.3. The van der Waals surface area contributed by atoms with Crippen LogP contribution in [0.4, 0.5) is 5.82 Å². The number of hydrogen-bond acceptors (Lipinski definition) is 6. The van der Waals surface area contributed by atoms with Gasteiger partial charge in [-0.05, 0) is 49.5 Å². The highest BCUT2D eigenvalue weighted by molar-refractivity contribution is 5.92. The highest BCUT2D eigenvalue weighted by atomic mass is 16.7. The van der Waals surface area contributed by atoms with E-state index in [0.717, 1.165) is 52.4 Å². The van der Waals surface area contributed by atoms with Crippen molar-refractivity contribution in [2.45, 2.75) is 0 Å². The molecule has 128 valence electrons. The van der Waals surface area contributed by atoms with Crippen molar-refractivity contribution in [3.63, 3.8) is 0 Å². The van der Waals surface area contributed by atoms with Gasteiger partial charge < -0.3 is 19.7 Å². The summed E-state index contributed by atoms with van der Waals surface area (Å²) in [6.45, 7) is 2.05. The summed E-state index contributed by atoms with van der Waals surface area (Å²) in [5.41, 5.74) is 3.09. The van der Waals surface area contributed by atoms with E-state index < -0.39 is 0 Å². The highest BCUT2D eigenvalue weighted by Crippen LogP contribution is 2.36. The number of anilines is 1. The summed E-state index contributed by atoms with van der Waals surface area (Å²) in [5, 5.41) is 4.41. The zero-order chi connectivity index (χ0) is 17.2. The fraction of sp³-hybridized carbons (Fsp3) is 0.263. The van der Waals surface area contributed by atoms with Crippen LogP contribution in [0.1, 0.15) is 0 Å². The Bertz CT molecular complexity index is 911. The van der Waals surface area contributed by atoms with Gasteiger partial charge in [-0.3, -0.25) is 0 Å². The normalized spacial score (nSPS) is 12.8. The summed E-state index contributed by atoms with van der Waals surface area (Å²) >= 11 is 0. The molecule has 0 amide bonds. The van der Waals surface area contributed by atoms with Gasteiger partial charge in [0.05, 0.1) is 5.52 Å². The van der Waals surface area contributed by atoms with Crippen molar-refractivity contribution in [1.82, 2.24) is 14.9 Å². The maximum Gasteiger partial charge on any atom is 0.231 e. The number of nitrogens with zero attached hydrogens (tertiary/aromatic N) is 3. The van der Waals surface area contributed by atoms with Gasteiger partial charge in [0.2, 0.25) is 6.79 Å². The maximum atomic E-state index is 5.48. The van der Waals surface area contributed by atoms with Crippen LogP contribution >= 0.6 is 0 Å². The van der Waals surface area contributed by atoms with Crippen molar-refractivity contribution in [2.24, 2.45) is 0 Å². The Morgan fingerprint density at radius 1 is 1.00 bits per heavy atom. The molecule has 2 aromatic carbocycles. The topological polar surface area (TPSA) is 59.5 Å². The third-order valence-electron chi connectivity index (χ3n) is 4.19. The monoisotopic (exact) mass is 336 g/mol. The number of fused-ring (bicyclic) bond motifs is 2. The number of rotatable bonds is 5. The van der Waals surface area contributed by atoms with Crippen LogP contribution in [0.2, 0.25) is 0 Å². The lowest BCUT2D eigenvalue weighted by molar-refractivity contribution is 0.174. The van der Waals surface area contributed by atoms with Crippen molar-refractivity contribution in [3.05, 3.63) is 42.7 Å². The van der Waals surface area contributed by atoms with Crippen LogP contribution in [0, 0.1) is 0 Å². The summed E-state index contributed by atoms with van der Waals surface area (Å²) in [7, 11) is 4.11. The molecule has 0 aliphatic carbocycles. The largest absolute Gasteiger partial charge is 0.454 e. The predicted molar refractivity (Wildman–Crippen MR) is 98.1 cm³/mol. The number of benzene rings is 2. The molecule has 0 fully saturated rings. The fourth-order valence-corrected chi connectivity index (χ4v) is 2.85. The van der Waals surface area contributed by atoms with Crippen molar-refractivity contribution >= 4 is 16.7 Å². The summed E-state index contributed by atoms with van der Waals surface area (Å²) in [5.74, 6) is 2.43. The Morgan fingerprint density at radius 2 is 1.80 bits per heavy atom. The van der Waals surface area contributed by atoms with Crippen LogP contribution in [-0.2, 0) is 0 Å². The second kappa shape index (κ2) is 6.57. The smallest absolute Gasteiger partial charge is 0.231 e. The molecule has 0 saturated carbocycles. The number of likely N-dealkylation sites (N-methyl/N-ethyl adjacent to an activating group) is 1. The van der Waals surface area contributed by atoms with Gasteiger partial charge in [0.15, 0.2) is 11.5 Å². The van der Waals surface area contributed by atoms with Gasteiger partial charge in [-0.1, -0.05) is 12.1 Å². The second-order valence-corrected chi connectivity index (χ2v) is 6.25. The Kier molecular flexibility index (Phi) is 4.11. The van der Waals surface area contributed by atoms with Crippen molar-refractivity contribution in [3.8, 4) is 22.6 Å². The third kappa shape index (κ3) is 3.21. The van der Waals surface area contributed by atoms with Gasteiger partial charge in [-0.15, -0.1) is 0 Å². The predicted octanol–water partition coefficient (Wildman–Crippen LogP) is 3.00. The van der Waals surface area contributed by atoms with Crippen molar-refractivity contribution < 1.29 is 9.47 Å². The molecule has 0 bridgehead atoms. The Labute approximate surface area is 146 Å². The van der Waals surface area contributed by atoms with Crippen molar-refractivity contribution in [1.29, 1.82) is 0 Å². The summed E-state index contributed by atoms with van der Waals surface area (Å²) in [6, 6.07) is 12.2. The number of nitrogens with one attached hydrogen (secondary N) is 1. The molecular formula is C19H20N4O2. The fourth-order valence-electron chi connectivity index (χ4n) is 2.85. The molecule has 1 aliphatic rings. The molecule has 0 atom stereocenters. The molecule has 1 aliphatic heterocycles. The molecule has 6 nitrogen and oxygen atoms in total. The molecule has 2 heterocycles. The number of hydrogen-bond donors (Lipinski definition) is 1. The van der Waals surface area contributed by atoms with E-state index in [1.54, 1.807) is 6.33 Å². The van der Waals surface area contributed by atoms with Crippen LogP contribution in [0.3, 0.4) is 0 Å². The van der Waals surface area contributed by atoms with Gasteiger partial charge in [0.25, 0.3) is 0 Å². The molecule has 0 saturated heterocycles. The zero-order valence-corrected chi connectivity index (χ0v) is 14.3. The number of aromatic nitrogens is 2. The first-order chi connectivity index (χ1) is 12.2. The van der Waals surface area contributed by atoms with Crippen LogP contribution in [0.5, 0.6) is 11.5 Å². The lowest BCUT2D eigenvalue weighted by Crippen LogP contribution is -2.21. The third-order valence-corrected chi connectivity index (χ3v) is 4.19. The molecule has 4 rings (SSSR count). The molecular weight excluding hydrogens is 316 g/mol. The maximum absolute atomic E-state index is 5.48. The van der Waals surface area contributed by atoms with E-state index in [4.69, 9.17) is 9.47 Å². The van der Waals surface area contributed by atoms with Crippen LogP contribution in [0.15, 0.2) is 42.7 Å². The molecule has 3 aromatic rings. The van der Waals surface area contributed by atoms with Gasteiger partial charge >= 0.3 is 0 Å². The molecule has 0 spiro atoms. The second-order valence-electron chi connectivity index (χ2n) is 6.25. The minimum Gasteiger partial charge on any atom is -0.454 e. The lowest BCUT2D eigenvalue weighted by atomic mass is 10.0. The minimum atomic E-state index is 0.282. The molecule has 1 aromatic heterocycles. The Morgan fingerprint density at radius 3 is 2.68 bits per heavy atom. The van der Waals surface area contributed by atoms with E-state index in [0.29, 0.717) is 0 Å². The summed E-state index contributed by atoms with van der Waals surface area (Å²) in [6.07, 6.45) is 1.60.